The Morgan fingerprint density at radius 2 is 1.82 bits per heavy atom. The lowest BCUT2D eigenvalue weighted by molar-refractivity contribution is -0.113. The zero-order valence-corrected chi connectivity index (χ0v) is 12.9. The van der Waals surface area contributed by atoms with Gasteiger partial charge in [-0.3, -0.25) is 4.79 Å². The summed E-state index contributed by atoms with van der Waals surface area (Å²) in [6.45, 7) is 1.34. The van der Waals surface area contributed by atoms with Crippen LogP contribution in [0.3, 0.4) is 0 Å². The van der Waals surface area contributed by atoms with Crippen molar-refractivity contribution in [3.05, 3.63) is 48.5 Å². The number of benzene rings is 2. The maximum atomic E-state index is 11.9. The summed E-state index contributed by atoms with van der Waals surface area (Å²) in [5.41, 5.74) is 0.812. The lowest BCUT2D eigenvalue weighted by Gasteiger charge is -2.09. The summed E-state index contributed by atoms with van der Waals surface area (Å²) in [6, 6.07) is 15.2. The molecule has 0 atom stereocenters. The van der Waals surface area contributed by atoms with Gasteiger partial charge in [0.1, 0.15) is 0 Å². The van der Waals surface area contributed by atoms with E-state index in [0.29, 0.717) is 19.0 Å². The van der Waals surface area contributed by atoms with Gasteiger partial charge in [0.05, 0.1) is 19.0 Å². The van der Waals surface area contributed by atoms with E-state index in [0.717, 1.165) is 28.5 Å². The van der Waals surface area contributed by atoms with Crippen molar-refractivity contribution in [2.75, 3.05) is 24.3 Å². The summed E-state index contributed by atoms with van der Waals surface area (Å²) < 4.78 is 11.2. The Labute approximate surface area is 133 Å². The SMILES string of the molecule is O=C(CSc1ccc2c(c1)OCCCO2)Nc1ccccc1. The number of thioether (sulfide) groups is 1. The molecule has 1 aliphatic heterocycles. The second kappa shape index (κ2) is 7.22. The average Bonchev–Trinajstić information content (AvgIpc) is 2.78. The minimum Gasteiger partial charge on any atom is -0.490 e. The summed E-state index contributed by atoms with van der Waals surface area (Å²) in [5.74, 6) is 1.86. The molecule has 0 spiro atoms. The first-order chi connectivity index (χ1) is 10.8. The van der Waals surface area contributed by atoms with Crippen LogP contribution in [0.2, 0.25) is 0 Å². The van der Waals surface area contributed by atoms with Gasteiger partial charge in [0.25, 0.3) is 0 Å². The highest BCUT2D eigenvalue weighted by atomic mass is 32.2. The number of hydrogen-bond acceptors (Lipinski definition) is 4. The minimum absolute atomic E-state index is 0.0247. The third-order valence-electron chi connectivity index (χ3n) is 3.15. The topological polar surface area (TPSA) is 47.6 Å². The molecular formula is C17H17NO3S. The highest BCUT2D eigenvalue weighted by Gasteiger charge is 2.11. The number of amides is 1. The van der Waals surface area contributed by atoms with Crippen molar-refractivity contribution in [2.45, 2.75) is 11.3 Å². The van der Waals surface area contributed by atoms with Gasteiger partial charge in [0.15, 0.2) is 11.5 Å². The normalized spacial score (nSPS) is 13.3. The molecule has 3 rings (SSSR count). The molecule has 5 heteroatoms. The maximum Gasteiger partial charge on any atom is 0.234 e. The molecule has 4 nitrogen and oxygen atoms in total. The van der Waals surface area contributed by atoms with E-state index in [1.165, 1.54) is 11.8 Å². The fraction of sp³-hybridized carbons (Fsp3) is 0.235. The Bertz CT molecular complexity index is 646. The molecule has 1 aliphatic rings. The van der Waals surface area contributed by atoms with E-state index in [9.17, 15) is 4.79 Å². The van der Waals surface area contributed by atoms with Crippen LogP contribution in [-0.2, 0) is 4.79 Å². The van der Waals surface area contributed by atoms with Gasteiger partial charge in [-0.1, -0.05) is 18.2 Å². The molecule has 1 heterocycles. The third kappa shape index (κ3) is 3.95. The lowest BCUT2D eigenvalue weighted by atomic mass is 10.3. The molecule has 2 aromatic carbocycles. The Balaban J connectivity index is 1.57. The van der Waals surface area contributed by atoms with E-state index in [1.807, 2.05) is 48.5 Å². The second-order valence-electron chi connectivity index (χ2n) is 4.86. The van der Waals surface area contributed by atoms with E-state index < -0.39 is 0 Å². The van der Waals surface area contributed by atoms with Crippen LogP contribution in [0.5, 0.6) is 11.5 Å². The largest absolute Gasteiger partial charge is 0.490 e. The van der Waals surface area contributed by atoms with Crippen LogP contribution in [0.1, 0.15) is 6.42 Å². The Morgan fingerprint density at radius 3 is 2.64 bits per heavy atom. The van der Waals surface area contributed by atoms with Crippen molar-refractivity contribution in [2.24, 2.45) is 0 Å². The first-order valence-electron chi connectivity index (χ1n) is 7.18. The van der Waals surface area contributed by atoms with Gasteiger partial charge in [0, 0.05) is 17.0 Å². The summed E-state index contributed by atoms with van der Waals surface area (Å²) in [5, 5.41) is 2.87. The molecule has 0 aromatic heterocycles. The monoisotopic (exact) mass is 315 g/mol. The first-order valence-corrected chi connectivity index (χ1v) is 8.17. The lowest BCUT2D eigenvalue weighted by Crippen LogP contribution is -2.13. The van der Waals surface area contributed by atoms with Crippen LogP contribution in [0, 0.1) is 0 Å². The van der Waals surface area contributed by atoms with Gasteiger partial charge in [-0.05, 0) is 30.3 Å². The molecule has 0 bridgehead atoms. The predicted molar refractivity (Wildman–Crippen MR) is 87.8 cm³/mol. The van der Waals surface area contributed by atoms with E-state index in [2.05, 4.69) is 5.32 Å². The fourth-order valence-corrected chi connectivity index (χ4v) is 2.83. The van der Waals surface area contributed by atoms with Crippen LogP contribution in [0.25, 0.3) is 0 Å². The fourth-order valence-electron chi connectivity index (χ4n) is 2.10. The summed E-state index contributed by atoms with van der Waals surface area (Å²) >= 11 is 1.48. The number of rotatable bonds is 4. The van der Waals surface area contributed by atoms with Crippen LogP contribution in [0.15, 0.2) is 53.4 Å². The molecule has 2 aromatic rings. The highest BCUT2D eigenvalue weighted by molar-refractivity contribution is 8.00. The van der Waals surface area contributed by atoms with Gasteiger partial charge < -0.3 is 14.8 Å². The smallest absolute Gasteiger partial charge is 0.234 e. The van der Waals surface area contributed by atoms with Crippen molar-refractivity contribution < 1.29 is 14.3 Å². The Kier molecular flexibility index (Phi) is 4.85. The van der Waals surface area contributed by atoms with Crippen molar-refractivity contribution in [1.82, 2.24) is 0 Å². The zero-order chi connectivity index (χ0) is 15.2. The molecule has 0 aliphatic carbocycles. The van der Waals surface area contributed by atoms with Crippen LogP contribution >= 0.6 is 11.8 Å². The van der Waals surface area contributed by atoms with Crippen molar-refractivity contribution >= 4 is 23.4 Å². The zero-order valence-electron chi connectivity index (χ0n) is 12.1. The standard InChI is InChI=1S/C17H17NO3S/c19-17(18-13-5-2-1-3-6-13)12-22-14-7-8-15-16(11-14)21-10-4-9-20-15/h1-3,5-8,11H,4,9-10,12H2,(H,18,19). The van der Waals surface area contributed by atoms with Gasteiger partial charge in [-0.2, -0.15) is 0 Å². The number of anilines is 1. The molecule has 1 amide bonds. The van der Waals surface area contributed by atoms with E-state index in [1.54, 1.807) is 0 Å². The van der Waals surface area contributed by atoms with Crippen LogP contribution in [0.4, 0.5) is 5.69 Å². The van der Waals surface area contributed by atoms with Crippen LogP contribution < -0.4 is 14.8 Å². The van der Waals surface area contributed by atoms with Crippen molar-refractivity contribution in [1.29, 1.82) is 0 Å². The van der Waals surface area contributed by atoms with Gasteiger partial charge in [-0.25, -0.2) is 0 Å². The Morgan fingerprint density at radius 1 is 1.05 bits per heavy atom. The molecule has 0 unspecified atom stereocenters. The highest BCUT2D eigenvalue weighted by Crippen LogP contribution is 2.33. The summed E-state index contributed by atoms with van der Waals surface area (Å²) in [6.07, 6.45) is 0.886. The average molecular weight is 315 g/mol. The predicted octanol–water partition coefficient (Wildman–Crippen LogP) is 3.58. The molecule has 0 saturated carbocycles. The van der Waals surface area contributed by atoms with Gasteiger partial charge >= 0.3 is 0 Å². The minimum atomic E-state index is -0.0247. The summed E-state index contributed by atoms with van der Waals surface area (Å²) in [4.78, 5) is 12.9. The van der Waals surface area contributed by atoms with E-state index >= 15 is 0 Å². The van der Waals surface area contributed by atoms with Gasteiger partial charge in [-0.15, -0.1) is 11.8 Å². The molecule has 1 N–H and O–H groups in total. The van der Waals surface area contributed by atoms with Crippen molar-refractivity contribution in [3.63, 3.8) is 0 Å². The van der Waals surface area contributed by atoms with Crippen LogP contribution in [-0.4, -0.2) is 24.9 Å². The molecule has 22 heavy (non-hydrogen) atoms. The maximum absolute atomic E-state index is 11.9. The first kappa shape index (κ1) is 14.8. The second-order valence-corrected chi connectivity index (χ2v) is 5.91. The Hall–Kier alpha value is -2.14. The number of hydrogen-bond donors (Lipinski definition) is 1. The number of fused-ring (bicyclic) bond motifs is 1. The van der Waals surface area contributed by atoms with E-state index in [-0.39, 0.29) is 5.91 Å². The number of carbonyl (C=O) groups excluding carboxylic acids is 1. The number of carbonyl (C=O) groups is 1. The molecular weight excluding hydrogens is 298 g/mol. The molecule has 114 valence electrons. The van der Waals surface area contributed by atoms with Crippen molar-refractivity contribution in [3.8, 4) is 11.5 Å². The number of ether oxygens (including phenoxy) is 2. The number of nitrogens with one attached hydrogen (secondary N) is 1. The third-order valence-corrected chi connectivity index (χ3v) is 4.14. The summed E-state index contributed by atoms with van der Waals surface area (Å²) in [7, 11) is 0. The molecule has 0 fully saturated rings. The quantitative estimate of drug-likeness (QED) is 0.876. The molecule has 0 radical (unpaired) electrons. The molecule has 0 saturated heterocycles. The van der Waals surface area contributed by atoms with Gasteiger partial charge in [0.2, 0.25) is 5.91 Å². The number of para-hydroxylation sites is 1. The van der Waals surface area contributed by atoms with E-state index in [4.69, 9.17) is 9.47 Å².